The third kappa shape index (κ3) is 5.06. The third-order valence-electron chi connectivity index (χ3n) is 2.93. The summed E-state index contributed by atoms with van der Waals surface area (Å²) in [6, 6.07) is 14.6. The molecule has 1 amide bonds. The molecular formula is C16H15BrClNO2. The summed E-state index contributed by atoms with van der Waals surface area (Å²) in [5, 5.41) is 3.56. The number of benzene rings is 2. The van der Waals surface area contributed by atoms with Crippen molar-refractivity contribution in [2.45, 2.75) is 13.0 Å². The predicted octanol–water partition coefficient (Wildman–Crippen LogP) is 4.36. The molecule has 0 unspecified atom stereocenters. The van der Waals surface area contributed by atoms with Crippen molar-refractivity contribution in [1.82, 2.24) is 5.32 Å². The summed E-state index contributed by atoms with van der Waals surface area (Å²) < 4.78 is 6.39. The summed E-state index contributed by atoms with van der Waals surface area (Å²) in [6.45, 7) is 1.90. The molecule has 5 heteroatoms. The van der Waals surface area contributed by atoms with Crippen LogP contribution in [0.25, 0.3) is 0 Å². The predicted molar refractivity (Wildman–Crippen MR) is 87.6 cm³/mol. The van der Waals surface area contributed by atoms with Crippen molar-refractivity contribution in [3.05, 3.63) is 63.6 Å². The standard InChI is InChI=1S/C16H15BrClNO2/c1-11(12-2-6-14(18)7-3-12)19-16(20)10-21-15-8-4-13(17)5-9-15/h2-9,11H,10H2,1H3,(H,19,20)/t11-/m1/s1. The molecular weight excluding hydrogens is 354 g/mol. The van der Waals surface area contributed by atoms with Gasteiger partial charge in [0.25, 0.3) is 5.91 Å². The molecule has 0 saturated heterocycles. The van der Waals surface area contributed by atoms with Crippen molar-refractivity contribution in [3.8, 4) is 5.75 Å². The zero-order valence-corrected chi connectivity index (χ0v) is 13.8. The maximum absolute atomic E-state index is 11.9. The zero-order valence-electron chi connectivity index (χ0n) is 11.5. The molecule has 2 aromatic rings. The Balaban J connectivity index is 1.83. The van der Waals surface area contributed by atoms with Gasteiger partial charge in [-0.25, -0.2) is 0 Å². The number of carbonyl (C=O) groups excluding carboxylic acids is 1. The van der Waals surface area contributed by atoms with Crippen LogP contribution in [-0.4, -0.2) is 12.5 Å². The van der Waals surface area contributed by atoms with E-state index in [1.54, 1.807) is 24.3 Å². The number of ether oxygens (including phenoxy) is 1. The minimum atomic E-state index is -0.166. The van der Waals surface area contributed by atoms with Crippen molar-refractivity contribution in [2.24, 2.45) is 0 Å². The van der Waals surface area contributed by atoms with Gasteiger partial charge in [0.2, 0.25) is 0 Å². The van der Waals surface area contributed by atoms with E-state index >= 15 is 0 Å². The smallest absolute Gasteiger partial charge is 0.258 e. The van der Waals surface area contributed by atoms with Crippen molar-refractivity contribution in [2.75, 3.05) is 6.61 Å². The maximum Gasteiger partial charge on any atom is 0.258 e. The van der Waals surface area contributed by atoms with Crippen LogP contribution in [0.4, 0.5) is 0 Å². The van der Waals surface area contributed by atoms with E-state index in [2.05, 4.69) is 21.2 Å². The number of amides is 1. The van der Waals surface area contributed by atoms with E-state index < -0.39 is 0 Å². The lowest BCUT2D eigenvalue weighted by Crippen LogP contribution is -2.31. The third-order valence-corrected chi connectivity index (χ3v) is 3.71. The molecule has 0 aliphatic rings. The Morgan fingerprint density at radius 3 is 2.43 bits per heavy atom. The maximum atomic E-state index is 11.9. The molecule has 0 saturated carbocycles. The lowest BCUT2D eigenvalue weighted by Gasteiger charge is -2.14. The Hall–Kier alpha value is -1.52. The van der Waals surface area contributed by atoms with Gasteiger partial charge in [-0.1, -0.05) is 39.7 Å². The van der Waals surface area contributed by atoms with Crippen LogP contribution in [0.5, 0.6) is 5.75 Å². The Morgan fingerprint density at radius 1 is 1.19 bits per heavy atom. The van der Waals surface area contributed by atoms with E-state index in [1.807, 2.05) is 31.2 Å². The molecule has 1 N–H and O–H groups in total. The minimum Gasteiger partial charge on any atom is -0.484 e. The Labute approximate surface area is 137 Å². The Morgan fingerprint density at radius 2 is 1.81 bits per heavy atom. The van der Waals surface area contributed by atoms with Crippen LogP contribution in [0.2, 0.25) is 5.02 Å². The van der Waals surface area contributed by atoms with Crippen LogP contribution >= 0.6 is 27.5 Å². The number of carbonyl (C=O) groups is 1. The van der Waals surface area contributed by atoms with Crippen LogP contribution < -0.4 is 10.1 Å². The summed E-state index contributed by atoms with van der Waals surface area (Å²) in [6.07, 6.45) is 0. The number of rotatable bonds is 5. The molecule has 110 valence electrons. The molecule has 0 heterocycles. The normalized spacial score (nSPS) is 11.8. The van der Waals surface area contributed by atoms with Gasteiger partial charge in [-0.15, -0.1) is 0 Å². The highest BCUT2D eigenvalue weighted by molar-refractivity contribution is 9.10. The molecule has 2 rings (SSSR count). The summed E-state index contributed by atoms with van der Waals surface area (Å²) in [5.74, 6) is 0.493. The van der Waals surface area contributed by atoms with Gasteiger partial charge < -0.3 is 10.1 Å². The fraction of sp³-hybridized carbons (Fsp3) is 0.188. The first-order valence-corrected chi connectivity index (χ1v) is 7.65. The second kappa shape index (κ2) is 7.48. The molecule has 2 aromatic carbocycles. The molecule has 1 atom stereocenters. The van der Waals surface area contributed by atoms with Gasteiger partial charge in [0.05, 0.1) is 6.04 Å². The average Bonchev–Trinajstić information content (AvgIpc) is 2.47. The molecule has 0 aliphatic carbocycles. The summed E-state index contributed by atoms with van der Waals surface area (Å²) in [5.41, 5.74) is 0.997. The second-order valence-corrected chi connectivity index (χ2v) is 5.94. The Kier molecular flexibility index (Phi) is 5.65. The SMILES string of the molecule is C[C@@H](NC(=O)COc1ccc(Br)cc1)c1ccc(Cl)cc1. The summed E-state index contributed by atoms with van der Waals surface area (Å²) in [7, 11) is 0. The quantitative estimate of drug-likeness (QED) is 0.851. The van der Waals surface area contributed by atoms with Crippen LogP contribution in [0.3, 0.4) is 0 Å². The fourth-order valence-electron chi connectivity index (χ4n) is 1.80. The van der Waals surface area contributed by atoms with Crippen molar-refractivity contribution in [3.63, 3.8) is 0 Å². The highest BCUT2D eigenvalue weighted by Gasteiger charge is 2.10. The number of hydrogen-bond donors (Lipinski definition) is 1. The van der Waals surface area contributed by atoms with Gasteiger partial charge in [0, 0.05) is 9.50 Å². The zero-order chi connectivity index (χ0) is 15.2. The highest BCUT2D eigenvalue weighted by atomic mass is 79.9. The van der Waals surface area contributed by atoms with Gasteiger partial charge in [-0.2, -0.15) is 0 Å². The van der Waals surface area contributed by atoms with Crippen molar-refractivity contribution in [1.29, 1.82) is 0 Å². The van der Waals surface area contributed by atoms with Gasteiger partial charge in [-0.05, 0) is 48.9 Å². The first-order chi connectivity index (χ1) is 10.0. The van der Waals surface area contributed by atoms with Crippen LogP contribution in [0, 0.1) is 0 Å². The summed E-state index contributed by atoms with van der Waals surface area (Å²) in [4.78, 5) is 11.9. The van der Waals surface area contributed by atoms with Crippen LogP contribution in [-0.2, 0) is 4.79 Å². The van der Waals surface area contributed by atoms with Gasteiger partial charge in [0.1, 0.15) is 5.75 Å². The lowest BCUT2D eigenvalue weighted by molar-refractivity contribution is -0.123. The molecule has 0 fully saturated rings. The molecule has 21 heavy (non-hydrogen) atoms. The van der Waals surface area contributed by atoms with Crippen LogP contribution in [0.15, 0.2) is 53.0 Å². The minimum absolute atomic E-state index is 0.0143. The molecule has 0 spiro atoms. The first-order valence-electron chi connectivity index (χ1n) is 6.48. The lowest BCUT2D eigenvalue weighted by atomic mass is 10.1. The molecule has 0 aromatic heterocycles. The molecule has 0 aliphatic heterocycles. The van der Waals surface area contributed by atoms with Gasteiger partial charge in [0.15, 0.2) is 6.61 Å². The number of nitrogens with one attached hydrogen (secondary N) is 1. The highest BCUT2D eigenvalue weighted by Crippen LogP contribution is 2.17. The molecule has 0 radical (unpaired) electrons. The average molecular weight is 369 g/mol. The number of hydrogen-bond acceptors (Lipinski definition) is 2. The fourth-order valence-corrected chi connectivity index (χ4v) is 2.19. The topological polar surface area (TPSA) is 38.3 Å². The number of halogens is 2. The van der Waals surface area contributed by atoms with Crippen LogP contribution in [0.1, 0.15) is 18.5 Å². The van der Waals surface area contributed by atoms with E-state index in [0.717, 1.165) is 10.0 Å². The van der Waals surface area contributed by atoms with E-state index in [1.165, 1.54) is 0 Å². The molecule has 3 nitrogen and oxygen atoms in total. The van der Waals surface area contributed by atoms with Gasteiger partial charge >= 0.3 is 0 Å². The first kappa shape index (κ1) is 15.9. The second-order valence-electron chi connectivity index (χ2n) is 4.58. The van der Waals surface area contributed by atoms with E-state index in [4.69, 9.17) is 16.3 Å². The van der Waals surface area contributed by atoms with Crippen molar-refractivity contribution < 1.29 is 9.53 Å². The monoisotopic (exact) mass is 367 g/mol. The summed E-state index contributed by atoms with van der Waals surface area (Å²) >= 11 is 9.18. The van der Waals surface area contributed by atoms with E-state index in [0.29, 0.717) is 10.8 Å². The van der Waals surface area contributed by atoms with E-state index in [9.17, 15) is 4.79 Å². The van der Waals surface area contributed by atoms with Crippen molar-refractivity contribution >= 4 is 33.4 Å². The van der Waals surface area contributed by atoms with Gasteiger partial charge in [-0.3, -0.25) is 4.79 Å². The molecule has 0 bridgehead atoms. The largest absolute Gasteiger partial charge is 0.484 e. The van der Waals surface area contributed by atoms with E-state index in [-0.39, 0.29) is 18.6 Å². The Bertz CT molecular complexity index is 599.